The minimum absolute atomic E-state index is 0.0873. The van der Waals surface area contributed by atoms with E-state index in [0.717, 1.165) is 27.1 Å². The molecule has 0 fully saturated rings. The molecule has 0 aliphatic rings. The first-order chi connectivity index (χ1) is 14.4. The minimum Gasteiger partial charge on any atom is -0.462 e. The molecule has 0 spiro atoms. The van der Waals surface area contributed by atoms with E-state index < -0.39 is 0 Å². The van der Waals surface area contributed by atoms with Gasteiger partial charge in [0.25, 0.3) is 0 Å². The lowest BCUT2D eigenvalue weighted by atomic mass is 10.1. The normalized spacial score (nSPS) is 11.9. The molecule has 6 heteroatoms. The molecule has 156 valence electrons. The second kappa shape index (κ2) is 9.76. The van der Waals surface area contributed by atoms with Gasteiger partial charge in [0.2, 0.25) is 5.91 Å². The number of hydrogen-bond acceptors (Lipinski definition) is 5. The highest BCUT2D eigenvalue weighted by atomic mass is 32.2. The van der Waals surface area contributed by atoms with Crippen molar-refractivity contribution in [1.29, 1.82) is 0 Å². The lowest BCUT2D eigenvalue weighted by Crippen LogP contribution is -2.24. The molecule has 0 saturated carbocycles. The van der Waals surface area contributed by atoms with E-state index in [1.807, 2.05) is 32.0 Å². The predicted octanol–water partition coefficient (Wildman–Crippen LogP) is 5.54. The quantitative estimate of drug-likeness (QED) is 0.400. The number of amides is 1. The van der Waals surface area contributed by atoms with Gasteiger partial charge in [-0.25, -0.2) is 9.78 Å². The second-order valence-corrected chi connectivity index (χ2v) is 8.27. The molecule has 3 rings (SSSR count). The van der Waals surface area contributed by atoms with Crippen LogP contribution in [0.1, 0.15) is 41.8 Å². The van der Waals surface area contributed by atoms with Gasteiger partial charge in [-0.3, -0.25) is 4.79 Å². The van der Waals surface area contributed by atoms with Gasteiger partial charge < -0.3 is 10.1 Å². The van der Waals surface area contributed by atoms with E-state index in [1.165, 1.54) is 11.8 Å². The van der Waals surface area contributed by atoms with E-state index in [-0.39, 0.29) is 17.1 Å². The zero-order chi connectivity index (χ0) is 21.7. The summed E-state index contributed by atoms with van der Waals surface area (Å²) in [5.41, 5.74) is 4.35. The maximum absolute atomic E-state index is 12.8. The van der Waals surface area contributed by atoms with Crippen LogP contribution in [0.4, 0.5) is 5.69 Å². The SMILES string of the molecule is CCOC(=O)c1ccc(NC(=O)C(CC)Sc2cc(C)c3cccc(C)c3n2)cc1. The van der Waals surface area contributed by atoms with Crippen molar-refractivity contribution in [3.63, 3.8) is 0 Å². The molecule has 0 aliphatic carbocycles. The summed E-state index contributed by atoms with van der Waals surface area (Å²) < 4.78 is 4.98. The maximum atomic E-state index is 12.8. The van der Waals surface area contributed by atoms with E-state index in [1.54, 1.807) is 31.2 Å². The van der Waals surface area contributed by atoms with E-state index in [2.05, 4.69) is 18.3 Å². The number of fused-ring (bicyclic) bond motifs is 1. The average molecular weight is 423 g/mol. The smallest absolute Gasteiger partial charge is 0.338 e. The van der Waals surface area contributed by atoms with E-state index in [9.17, 15) is 9.59 Å². The van der Waals surface area contributed by atoms with Crippen LogP contribution in [-0.4, -0.2) is 28.7 Å². The van der Waals surface area contributed by atoms with Crippen molar-refractivity contribution in [2.45, 2.75) is 44.4 Å². The third-order valence-corrected chi connectivity index (χ3v) is 6.10. The fourth-order valence-corrected chi connectivity index (χ4v) is 4.20. The summed E-state index contributed by atoms with van der Waals surface area (Å²) in [6, 6.07) is 14.9. The molecule has 1 N–H and O–H groups in total. The Hall–Kier alpha value is -2.86. The number of pyridine rings is 1. The summed E-state index contributed by atoms with van der Waals surface area (Å²) in [5, 5.41) is 4.64. The molecular weight excluding hydrogens is 396 g/mol. The number of thioether (sulfide) groups is 1. The summed E-state index contributed by atoms with van der Waals surface area (Å²) in [5.74, 6) is -0.457. The summed E-state index contributed by atoms with van der Waals surface area (Å²) >= 11 is 1.47. The van der Waals surface area contributed by atoms with Crippen LogP contribution in [0.5, 0.6) is 0 Å². The predicted molar refractivity (Wildman–Crippen MR) is 122 cm³/mol. The van der Waals surface area contributed by atoms with Crippen LogP contribution in [0.25, 0.3) is 10.9 Å². The number of para-hydroxylation sites is 1. The van der Waals surface area contributed by atoms with Crippen LogP contribution in [0.2, 0.25) is 0 Å². The Morgan fingerprint density at radius 1 is 1.07 bits per heavy atom. The standard InChI is InChI=1S/C24H26N2O3S/c1-5-20(23(27)25-18-12-10-17(11-13-18)24(28)29-6-2)30-21-14-16(4)19-9-7-8-15(3)22(19)26-21/h7-14,20H,5-6H2,1-4H3,(H,25,27). The molecule has 1 atom stereocenters. The molecule has 1 aromatic heterocycles. The van der Waals surface area contributed by atoms with Crippen LogP contribution < -0.4 is 5.32 Å². The number of ether oxygens (including phenoxy) is 1. The fourth-order valence-electron chi connectivity index (χ4n) is 3.19. The number of nitrogens with one attached hydrogen (secondary N) is 1. The molecule has 3 aromatic rings. The monoisotopic (exact) mass is 422 g/mol. The van der Waals surface area contributed by atoms with Gasteiger partial charge >= 0.3 is 5.97 Å². The fraction of sp³-hybridized carbons (Fsp3) is 0.292. The summed E-state index contributed by atoms with van der Waals surface area (Å²) in [6.07, 6.45) is 0.671. The van der Waals surface area contributed by atoms with Crippen molar-refractivity contribution in [3.05, 3.63) is 65.2 Å². The van der Waals surface area contributed by atoms with Gasteiger partial charge in [-0.05, 0) is 68.7 Å². The van der Waals surface area contributed by atoms with Crippen LogP contribution in [0.15, 0.2) is 53.6 Å². The number of esters is 1. The van der Waals surface area contributed by atoms with Crippen LogP contribution in [0, 0.1) is 13.8 Å². The third kappa shape index (κ3) is 5.00. The molecular formula is C24H26N2O3S. The van der Waals surface area contributed by atoms with Gasteiger partial charge in [0.1, 0.15) is 0 Å². The Morgan fingerprint density at radius 3 is 2.47 bits per heavy atom. The molecule has 0 radical (unpaired) electrons. The van der Waals surface area contributed by atoms with Gasteiger partial charge in [-0.2, -0.15) is 0 Å². The number of aryl methyl sites for hydroxylation is 2. The maximum Gasteiger partial charge on any atom is 0.338 e. The molecule has 5 nitrogen and oxygen atoms in total. The Kier molecular flexibility index (Phi) is 7.11. The van der Waals surface area contributed by atoms with Crippen molar-refractivity contribution < 1.29 is 14.3 Å². The number of benzene rings is 2. The van der Waals surface area contributed by atoms with Gasteiger partial charge in [0.15, 0.2) is 0 Å². The van der Waals surface area contributed by atoms with Crippen LogP contribution in [0.3, 0.4) is 0 Å². The van der Waals surface area contributed by atoms with Gasteiger partial charge in [0, 0.05) is 11.1 Å². The summed E-state index contributed by atoms with van der Waals surface area (Å²) in [7, 11) is 0. The minimum atomic E-state index is -0.370. The summed E-state index contributed by atoms with van der Waals surface area (Å²) in [6.45, 7) is 8.20. The first-order valence-electron chi connectivity index (χ1n) is 10.0. The van der Waals surface area contributed by atoms with Crippen LogP contribution >= 0.6 is 11.8 Å². The Balaban J connectivity index is 1.73. The van der Waals surface area contributed by atoms with E-state index >= 15 is 0 Å². The molecule has 2 aromatic carbocycles. The van der Waals surface area contributed by atoms with Crippen molar-refractivity contribution in [1.82, 2.24) is 4.98 Å². The summed E-state index contributed by atoms with van der Waals surface area (Å²) in [4.78, 5) is 29.4. The third-order valence-electron chi connectivity index (χ3n) is 4.81. The number of anilines is 1. The van der Waals surface area contributed by atoms with Gasteiger partial charge in [0.05, 0.1) is 28.0 Å². The molecule has 1 heterocycles. The van der Waals surface area contributed by atoms with Gasteiger partial charge in [-0.1, -0.05) is 36.9 Å². The molecule has 30 heavy (non-hydrogen) atoms. The largest absolute Gasteiger partial charge is 0.462 e. The van der Waals surface area contributed by atoms with Crippen molar-refractivity contribution in [3.8, 4) is 0 Å². The molecule has 0 aliphatic heterocycles. The Labute approximate surface area is 181 Å². The number of aromatic nitrogens is 1. The van der Waals surface area contributed by atoms with Crippen molar-refractivity contribution >= 4 is 40.2 Å². The lowest BCUT2D eigenvalue weighted by molar-refractivity contribution is -0.115. The number of carbonyl (C=O) groups is 2. The topological polar surface area (TPSA) is 68.3 Å². The number of carbonyl (C=O) groups excluding carboxylic acids is 2. The Bertz CT molecular complexity index is 1060. The second-order valence-electron chi connectivity index (χ2n) is 7.05. The van der Waals surface area contributed by atoms with Gasteiger partial charge in [-0.15, -0.1) is 0 Å². The molecule has 1 unspecified atom stereocenters. The molecule has 1 amide bonds. The lowest BCUT2D eigenvalue weighted by Gasteiger charge is -2.16. The van der Waals surface area contributed by atoms with Crippen molar-refractivity contribution in [2.75, 3.05) is 11.9 Å². The first kappa shape index (κ1) is 21.8. The first-order valence-corrected chi connectivity index (χ1v) is 10.9. The van der Waals surface area contributed by atoms with Crippen LogP contribution in [-0.2, 0) is 9.53 Å². The number of hydrogen-bond donors (Lipinski definition) is 1. The average Bonchev–Trinajstić information content (AvgIpc) is 2.73. The van der Waals surface area contributed by atoms with E-state index in [0.29, 0.717) is 24.3 Å². The highest BCUT2D eigenvalue weighted by Crippen LogP contribution is 2.30. The highest BCUT2D eigenvalue weighted by molar-refractivity contribution is 8.00. The highest BCUT2D eigenvalue weighted by Gasteiger charge is 2.20. The number of rotatable bonds is 7. The van der Waals surface area contributed by atoms with E-state index in [4.69, 9.17) is 9.72 Å². The zero-order valence-electron chi connectivity index (χ0n) is 17.7. The van der Waals surface area contributed by atoms with Crippen molar-refractivity contribution in [2.24, 2.45) is 0 Å². The Morgan fingerprint density at radius 2 is 1.80 bits per heavy atom. The molecule has 0 bridgehead atoms. The zero-order valence-corrected chi connectivity index (χ0v) is 18.5. The molecule has 0 saturated heterocycles. The number of nitrogens with zero attached hydrogens (tertiary/aromatic N) is 1.